The first-order chi connectivity index (χ1) is 18.0. The highest BCUT2D eigenvalue weighted by Crippen LogP contribution is 2.37. The SMILES string of the molecule is CC(C)c1nc2c(-c3cc(C(C)(C)C)ccn3)cc(Oc3cccc(N4C=CN(C)C4)c3)cn2c1C(C)C. The minimum atomic E-state index is 0.0161. The molecule has 1 aliphatic rings. The van der Waals surface area contributed by atoms with Gasteiger partial charge < -0.3 is 14.5 Å². The van der Waals surface area contributed by atoms with Crippen LogP contribution in [0.25, 0.3) is 16.9 Å². The van der Waals surface area contributed by atoms with Crippen LogP contribution in [0.4, 0.5) is 5.69 Å². The van der Waals surface area contributed by atoms with Gasteiger partial charge in [0, 0.05) is 48.7 Å². The number of nitrogens with zero attached hydrogens (tertiary/aromatic N) is 5. The molecule has 0 fully saturated rings. The summed E-state index contributed by atoms with van der Waals surface area (Å²) in [5.74, 6) is 2.17. The van der Waals surface area contributed by atoms with Gasteiger partial charge in [-0.25, -0.2) is 4.98 Å². The fourth-order valence-corrected chi connectivity index (χ4v) is 5.00. The average molecular weight is 510 g/mol. The molecule has 1 aromatic carbocycles. The van der Waals surface area contributed by atoms with Crippen molar-refractivity contribution in [2.24, 2.45) is 0 Å². The lowest BCUT2D eigenvalue weighted by molar-refractivity contribution is 0.477. The molecule has 6 heteroatoms. The van der Waals surface area contributed by atoms with Gasteiger partial charge in [-0.3, -0.25) is 9.38 Å². The number of imidazole rings is 1. The largest absolute Gasteiger partial charge is 0.456 e. The van der Waals surface area contributed by atoms with Crippen LogP contribution in [0.3, 0.4) is 0 Å². The fourth-order valence-electron chi connectivity index (χ4n) is 5.00. The Hall–Kier alpha value is -3.80. The summed E-state index contributed by atoms with van der Waals surface area (Å²) in [5.41, 5.74) is 7.49. The lowest BCUT2D eigenvalue weighted by atomic mass is 9.87. The van der Waals surface area contributed by atoms with Crippen molar-refractivity contribution in [1.29, 1.82) is 0 Å². The highest BCUT2D eigenvalue weighted by molar-refractivity contribution is 5.78. The molecule has 0 saturated heterocycles. The summed E-state index contributed by atoms with van der Waals surface area (Å²) >= 11 is 0. The van der Waals surface area contributed by atoms with Crippen LogP contribution < -0.4 is 9.64 Å². The van der Waals surface area contributed by atoms with Crippen LogP contribution in [0.15, 0.2) is 67.3 Å². The van der Waals surface area contributed by atoms with Crippen LogP contribution in [0.5, 0.6) is 11.5 Å². The molecule has 3 aromatic heterocycles. The van der Waals surface area contributed by atoms with Gasteiger partial charge in [0.1, 0.15) is 17.1 Å². The monoisotopic (exact) mass is 509 g/mol. The molecule has 0 saturated carbocycles. The van der Waals surface area contributed by atoms with Crippen molar-refractivity contribution in [1.82, 2.24) is 19.3 Å². The molecular formula is C32H39N5O. The lowest BCUT2D eigenvalue weighted by Crippen LogP contribution is -2.21. The molecule has 4 aromatic rings. The van der Waals surface area contributed by atoms with Crippen LogP contribution in [-0.2, 0) is 5.41 Å². The number of ether oxygens (including phenoxy) is 1. The number of aromatic nitrogens is 3. The first-order valence-electron chi connectivity index (χ1n) is 13.5. The molecule has 0 N–H and O–H groups in total. The Morgan fingerprint density at radius 1 is 0.921 bits per heavy atom. The summed E-state index contributed by atoms with van der Waals surface area (Å²) in [7, 11) is 2.07. The lowest BCUT2D eigenvalue weighted by Gasteiger charge is -2.20. The summed E-state index contributed by atoms with van der Waals surface area (Å²) in [6.45, 7) is 16.4. The predicted molar refractivity (Wildman–Crippen MR) is 156 cm³/mol. The molecule has 38 heavy (non-hydrogen) atoms. The molecule has 198 valence electrons. The van der Waals surface area contributed by atoms with Crippen LogP contribution in [-0.4, -0.2) is 33.0 Å². The standard InChI is InChI=1S/C32H39N5O/c1-21(2)29-30(22(3)4)37-19-26(38-25-11-9-10-24(17-25)36-15-14-35(8)20-36)18-27(31(37)34-29)28-16-23(12-13-33-28)32(5,6)7/h9-19,21-22H,20H2,1-8H3. The molecule has 0 radical (unpaired) electrons. The van der Waals surface area contributed by atoms with Crippen molar-refractivity contribution in [2.45, 2.75) is 65.7 Å². The Morgan fingerprint density at radius 2 is 1.71 bits per heavy atom. The number of anilines is 1. The quantitative estimate of drug-likeness (QED) is 0.264. The smallest absolute Gasteiger partial charge is 0.147 e. The number of rotatable bonds is 6. The van der Waals surface area contributed by atoms with Crippen LogP contribution in [0, 0.1) is 0 Å². The maximum Gasteiger partial charge on any atom is 0.147 e. The van der Waals surface area contributed by atoms with Gasteiger partial charge in [-0.2, -0.15) is 0 Å². The summed E-state index contributed by atoms with van der Waals surface area (Å²) in [6.07, 6.45) is 8.15. The maximum absolute atomic E-state index is 6.54. The molecule has 0 aliphatic carbocycles. The number of benzene rings is 1. The van der Waals surface area contributed by atoms with Crippen LogP contribution in [0.2, 0.25) is 0 Å². The van der Waals surface area contributed by atoms with E-state index in [4.69, 9.17) is 14.7 Å². The molecule has 0 amide bonds. The molecule has 5 rings (SSSR count). The predicted octanol–water partition coefficient (Wildman–Crippen LogP) is 7.91. The van der Waals surface area contributed by atoms with Gasteiger partial charge in [0.15, 0.2) is 0 Å². The molecule has 6 nitrogen and oxygen atoms in total. The van der Waals surface area contributed by atoms with Gasteiger partial charge in [-0.1, -0.05) is 54.5 Å². The van der Waals surface area contributed by atoms with Gasteiger partial charge in [-0.05, 0) is 53.1 Å². The second-order valence-corrected chi connectivity index (χ2v) is 11.9. The Morgan fingerprint density at radius 3 is 2.37 bits per heavy atom. The van der Waals surface area contributed by atoms with E-state index in [-0.39, 0.29) is 5.41 Å². The number of hydrogen-bond acceptors (Lipinski definition) is 5. The Bertz CT molecular complexity index is 1490. The van der Waals surface area contributed by atoms with E-state index < -0.39 is 0 Å². The topological polar surface area (TPSA) is 45.9 Å². The minimum Gasteiger partial charge on any atom is -0.456 e. The zero-order chi connectivity index (χ0) is 27.2. The van der Waals surface area contributed by atoms with Crippen molar-refractivity contribution in [3.8, 4) is 22.8 Å². The summed E-state index contributed by atoms with van der Waals surface area (Å²) in [5, 5.41) is 0. The first kappa shape index (κ1) is 25.8. The van der Waals surface area contributed by atoms with Crippen molar-refractivity contribution in [2.75, 3.05) is 18.6 Å². The van der Waals surface area contributed by atoms with E-state index in [1.165, 1.54) is 11.3 Å². The number of hydrogen-bond donors (Lipinski definition) is 0. The second kappa shape index (κ2) is 9.82. The molecule has 4 heterocycles. The number of pyridine rings is 2. The number of fused-ring (bicyclic) bond motifs is 1. The Kier molecular flexibility index (Phi) is 6.68. The van der Waals surface area contributed by atoms with E-state index in [1.54, 1.807) is 0 Å². The van der Waals surface area contributed by atoms with Crippen LogP contribution in [0.1, 0.15) is 77.3 Å². The van der Waals surface area contributed by atoms with Gasteiger partial charge in [0.25, 0.3) is 0 Å². The molecule has 0 unspecified atom stereocenters. The van der Waals surface area contributed by atoms with Gasteiger partial charge in [-0.15, -0.1) is 0 Å². The van der Waals surface area contributed by atoms with Crippen molar-refractivity contribution >= 4 is 11.3 Å². The third-order valence-corrected chi connectivity index (χ3v) is 7.02. The highest BCUT2D eigenvalue weighted by Gasteiger charge is 2.23. The van der Waals surface area contributed by atoms with E-state index in [0.717, 1.165) is 46.5 Å². The zero-order valence-corrected chi connectivity index (χ0v) is 23.9. The second-order valence-electron chi connectivity index (χ2n) is 11.9. The Balaban J connectivity index is 1.65. The average Bonchev–Trinajstić information content (AvgIpc) is 3.47. The fraction of sp³-hybridized carbons (Fsp3) is 0.375. The maximum atomic E-state index is 6.54. The van der Waals surface area contributed by atoms with Crippen molar-refractivity contribution < 1.29 is 4.74 Å². The highest BCUT2D eigenvalue weighted by atomic mass is 16.5. The van der Waals surface area contributed by atoms with Crippen LogP contribution >= 0.6 is 0 Å². The van der Waals surface area contributed by atoms with Gasteiger partial charge in [0.2, 0.25) is 0 Å². The molecule has 0 spiro atoms. The third-order valence-electron chi connectivity index (χ3n) is 7.02. The third kappa shape index (κ3) is 5.00. The molecule has 0 bridgehead atoms. The van der Waals surface area contributed by atoms with E-state index in [0.29, 0.717) is 11.8 Å². The molecule has 1 aliphatic heterocycles. The van der Waals surface area contributed by atoms with Gasteiger partial charge in [0.05, 0.1) is 24.3 Å². The Labute approximate surface area is 226 Å². The van der Waals surface area contributed by atoms with E-state index in [1.807, 2.05) is 18.3 Å². The first-order valence-corrected chi connectivity index (χ1v) is 13.5. The zero-order valence-electron chi connectivity index (χ0n) is 23.9. The van der Waals surface area contributed by atoms with Crippen molar-refractivity contribution in [3.63, 3.8) is 0 Å². The van der Waals surface area contributed by atoms with E-state index >= 15 is 0 Å². The molecular weight excluding hydrogens is 470 g/mol. The summed E-state index contributed by atoms with van der Waals surface area (Å²) in [4.78, 5) is 14.3. The molecule has 0 atom stereocenters. The summed E-state index contributed by atoms with van der Waals surface area (Å²) < 4.78 is 8.76. The van der Waals surface area contributed by atoms with E-state index in [2.05, 4.69) is 119 Å². The normalized spacial score (nSPS) is 13.9. The summed E-state index contributed by atoms with van der Waals surface area (Å²) in [6, 6.07) is 14.6. The van der Waals surface area contributed by atoms with Gasteiger partial charge >= 0.3 is 0 Å². The van der Waals surface area contributed by atoms with Crippen molar-refractivity contribution in [3.05, 3.63) is 84.2 Å². The van der Waals surface area contributed by atoms with E-state index in [9.17, 15) is 0 Å². The minimum absolute atomic E-state index is 0.0161.